The second kappa shape index (κ2) is 8.22. The number of esters is 1. The van der Waals surface area contributed by atoms with Crippen LogP contribution in [-0.4, -0.2) is 37.0 Å². The molecule has 0 radical (unpaired) electrons. The number of carbonyl (C=O) groups excluding carboxylic acids is 3. The summed E-state index contributed by atoms with van der Waals surface area (Å²) >= 11 is 0. The molecule has 0 bridgehead atoms. The van der Waals surface area contributed by atoms with Crippen molar-refractivity contribution in [2.24, 2.45) is 11.7 Å². The van der Waals surface area contributed by atoms with Crippen molar-refractivity contribution >= 4 is 34.8 Å². The van der Waals surface area contributed by atoms with Crippen molar-refractivity contribution in [1.29, 1.82) is 0 Å². The van der Waals surface area contributed by atoms with Crippen molar-refractivity contribution in [1.82, 2.24) is 0 Å². The van der Waals surface area contributed by atoms with Crippen LogP contribution in [-0.2, 0) is 19.1 Å². The van der Waals surface area contributed by atoms with E-state index in [0.717, 1.165) is 0 Å². The minimum atomic E-state index is -1.43. The summed E-state index contributed by atoms with van der Waals surface area (Å²) in [6.45, 7) is 3.79. The largest absolute Gasteiger partial charge is 0.464 e. The van der Waals surface area contributed by atoms with Crippen LogP contribution in [0.15, 0.2) is 54.6 Å². The van der Waals surface area contributed by atoms with Crippen LogP contribution in [0.4, 0.5) is 17.1 Å². The summed E-state index contributed by atoms with van der Waals surface area (Å²) in [5, 5.41) is 0. The number of ether oxygens (including phenoxy) is 1. The fraction of sp³-hybridized carbons (Fsp3) is 0.286. The molecule has 0 aromatic heterocycles. The monoisotopic (exact) mass is 381 g/mol. The van der Waals surface area contributed by atoms with Gasteiger partial charge in [0.25, 0.3) is 11.8 Å². The van der Waals surface area contributed by atoms with E-state index in [1.165, 1.54) is 9.80 Å². The van der Waals surface area contributed by atoms with Crippen molar-refractivity contribution in [3.8, 4) is 0 Å². The van der Waals surface area contributed by atoms with Crippen molar-refractivity contribution in [3.63, 3.8) is 0 Å². The number of amides is 2. The predicted octanol–water partition coefficient (Wildman–Crippen LogP) is 2.22. The smallest absolute Gasteiger partial charge is 0.326 e. The van der Waals surface area contributed by atoms with Gasteiger partial charge in [-0.25, -0.2) is 0 Å². The number of para-hydroxylation sites is 3. The first-order valence-corrected chi connectivity index (χ1v) is 9.10. The Morgan fingerprint density at radius 1 is 1.00 bits per heavy atom. The lowest BCUT2D eigenvalue weighted by atomic mass is 10.2. The molecule has 7 heteroatoms. The topological polar surface area (TPSA) is 92.9 Å². The lowest BCUT2D eigenvalue weighted by molar-refractivity contribution is -0.144. The second-order valence-corrected chi connectivity index (χ2v) is 6.98. The third kappa shape index (κ3) is 3.89. The van der Waals surface area contributed by atoms with Crippen molar-refractivity contribution in [2.45, 2.75) is 19.9 Å². The molecule has 7 nitrogen and oxygen atoms in total. The SMILES string of the molecule is CC(C)COC(=O)CN1C(=O)C(N)C(=O)N(c2ccccc2)c2ccccc21. The Hall–Kier alpha value is -3.19. The lowest BCUT2D eigenvalue weighted by Gasteiger charge is -2.25. The Kier molecular flexibility index (Phi) is 5.75. The maximum absolute atomic E-state index is 13.0. The highest BCUT2D eigenvalue weighted by atomic mass is 16.5. The third-order valence-corrected chi connectivity index (χ3v) is 4.31. The van der Waals surface area contributed by atoms with Crippen molar-refractivity contribution in [2.75, 3.05) is 23.0 Å². The highest BCUT2D eigenvalue weighted by molar-refractivity contribution is 6.23. The minimum absolute atomic E-state index is 0.175. The number of fused-ring (bicyclic) bond motifs is 1. The number of anilines is 3. The summed E-state index contributed by atoms with van der Waals surface area (Å²) in [6, 6.07) is 14.4. The molecule has 1 heterocycles. The van der Waals surface area contributed by atoms with Gasteiger partial charge in [-0.15, -0.1) is 0 Å². The summed E-state index contributed by atoms with van der Waals surface area (Å²) in [6.07, 6.45) is 0. The Morgan fingerprint density at radius 2 is 1.61 bits per heavy atom. The van der Waals surface area contributed by atoms with Gasteiger partial charge in [-0.05, 0) is 30.2 Å². The molecule has 0 aliphatic carbocycles. The molecular weight excluding hydrogens is 358 g/mol. The second-order valence-electron chi connectivity index (χ2n) is 6.98. The number of nitrogens with zero attached hydrogens (tertiary/aromatic N) is 2. The van der Waals surface area contributed by atoms with Gasteiger partial charge in [-0.2, -0.15) is 0 Å². The third-order valence-electron chi connectivity index (χ3n) is 4.31. The van der Waals surface area contributed by atoms with Gasteiger partial charge < -0.3 is 10.5 Å². The fourth-order valence-corrected chi connectivity index (χ4v) is 2.97. The van der Waals surface area contributed by atoms with Crippen LogP contribution < -0.4 is 15.5 Å². The zero-order chi connectivity index (χ0) is 20.3. The van der Waals surface area contributed by atoms with Gasteiger partial charge in [0.1, 0.15) is 6.54 Å². The summed E-state index contributed by atoms with van der Waals surface area (Å²) in [5.41, 5.74) is 7.49. The van der Waals surface area contributed by atoms with Crippen LogP contribution in [0, 0.1) is 5.92 Å². The first-order valence-electron chi connectivity index (χ1n) is 9.10. The number of rotatable bonds is 5. The molecule has 1 unspecified atom stereocenters. The number of carbonyl (C=O) groups is 3. The molecule has 0 spiro atoms. The number of benzene rings is 2. The average Bonchev–Trinajstić information content (AvgIpc) is 2.77. The molecule has 1 aliphatic heterocycles. The van der Waals surface area contributed by atoms with E-state index >= 15 is 0 Å². The molecule has 3 rings (SSSR count). The predicted molar refractivity (Wildman–Crippen MR) is 106 cm³/mol. The van der Waals surface area contributed by atoms with Crippen LogP contribution >= 0.6 is 0 Å². The molecule has 146 valence electrons. The van der Waals surface area contributed by atoms with Gasteiger partial charge in [0.05, 0.1) is 18.0 Å². The summed E-state index contributed by atoms with van der Waals surface area (Å²) in [5.74, 6) is -1.57. The minimum Gasteiger partial charge on any atom is -0.464 e. The maximum atomic E-state index is 13.0. The molecule has 2 N–H and O–H groups in total. The molecule has 2 amide bonds. The first-order chi connectivity index (χ1) is 13.4. The van der Waals surface area contributed by atoms with Crippen LogP contribution in [0.25, 0.3) is 0 Å². The Labute approximate surface area is 163 Å². The summed E-state index contributed by atoms with van der Waals surface area (Å²) in [7, 11) is 0. The van der Waals surface area contributed by atoms with Gasteiger partial charge in [-0.3, -0.25) is 24.2 Å². The van der Waals surface area contributed by atoms with Crippen molar-refractivity contribution < 1.29 is 19.1 Å². The zero-order valence-electron chi connectivity index (χ0n) is 15.9. The van der Waals surface area contributed by atoms with Gasteiger partial charge in [0.15, 0.2) is 6.04 Å². The van der Waals surface area contributed by atoms with E-state index in [-0.39, 0.29) is 19.1 Å². The lowest BCUT2D eigenvalue weighted by Crippen LogP contribution is -2.51. The summed E-state index contributed by atoms with van der Waals surface area (Å²) < 4.78 is 5.21. The van der Waals surface area contributed by atoms with Crippen LogP contribution in [0.1, 0.15) is 13.8 Å². The molecule has 0 saturated carbocycles. The Bertz CT molecular complexity index is 882. The molecule has 2 aromatic carbocycles. The van der Waals surface area contributed by atoms with E-state index in [1.54, 1.807) is 48.5 Å². The van der Waals surface area contributed by atoms with Gasteiger partial charge in [-0.1, -0.05) is 44.2 Å². The van der Waals surface area contributed by atoms with Gasteiger partial charge in [0, 0.05) is 5.69 Å². The average molecular weight is 381 g/mol. The standard InChI is InChI=1S/C21H23N3O4/c1-14(2)13-28-18(25)12-23-16-10-6-7-11-17(16)24(15-8-4-3-5-9-15)21(27)19(22)20(23)26/h3-11,14,19H,12-13,22H2,1-2H3. The van der Waals surface area contributed by atoms with E-state index < -0.39 is 23.8 Å². The molecule has 1 atom stereocenters. The van der Waals surface area contributed by atoms with E-state index in [0.29, 0.717) is 17.1 Å². The first kappa shape index (κ1) is 19.6. The molecular formula is C21H23N3O4. The van der Waals surface area contributed by atoms with Gasteiger partial charge >= 0.3 is 5.97 Å². The number of hydrogen-bond donors (Lipinski definition) is 1. The van der Waals surface area contributed by atoms with E-state index in [4.69, 9.17) is 10.5 Å². The molecule has 0 saturated heterocycles. The van der Waals surface area contributed by atoms with Crippen molar-refractivity contribution in [3.05, 3.63) is 54.6 Å². The molecule has 0 fully saturated rings. The van der Waals surface area contributed by atoms with Crippen LogP contribution in [0.5, 0.6) is 0 Å². The van der Waals surface area contributed by atoms with E-state index in [9.17, 15) is 14.4 Å². The fourth-order valence-electron chi connectivity index (χ4n) is 2.97. The number of hydrogen-bond acceptors (Lipinski definition) is 5. The Balaban J connectivity index is 2.03. The van der Waals surface area contributed by atoms with Crippen LogP contribution in [0.2, 0.25) is 0 Å². The normalized spacial score (nSPS) is 16.8. The van der Waals surface area contributed by atoms with E-state index in [1.807, 2.05) is 19.9 Å². The quantitative estimate of drug-likeness (QED) is 0.633. The number of nitrogens with two attached hydrogens (primary N) is 1. The van der Waals surface area contributed by atoms with Gasteiger partial charge in [0.2, 0.25) is 0 Å². The zero-order valence-corrected chi connectivity index (χ0v) is 15.9. The highest BCUT2D eigenvalue weighted by Gasteiger charge is 2.39. The maximum Gasteiger partial charge on any atom is 0.326 e. The highest BCUT2D eigenvalue weighted by Crippen LogP contribution is 2.37. The Morgan fingerprint density at radius 3 is 2.25 bits per heavy atom. The molecule has 1 aliphatic rings. The molecule has 2 aromatic rings. The molecule has 28 heavy (non-hydrogen) atoms. The van der Waals surface area contributed by atoms with E-state index in [2.05, 4.69) is 0 Å². The summed E-state index contributed by atoms with van der Waals surface area (Å²) in [4.78, 5) is 40.8. The van der Waals surface area contributed by atoms with Crippen LogP contribution in [0.3, 0.4) is 0 Å².